The normalized spacial score (nSPS) is 14.5. The molecule has 0 bridgehead atoms. The molecule has 1 aliphatic heterocycles. The fraction of sp³-hybridized carbons (Fsp3) is 0.357. The Morgan fingerprint density at radius 2 is 2.03 bits per heavy atom. The van der Waals surface area contributed by atoms with Gasteiger partial charge in [-0.15, -0.1) is 0 Å². The number of hydrogen-bond donors (Lipinski definition) is 0. The summed E-state index contributed by atoms with van der Waals surface area (Å²) in [5.74, 6) is 1.44. The van der Waals surface area contributed by atoms with E-state index >= 15 is 0 Å². The van der Waals surface area contributed by atoms with Crippen molar-refractivity contribution in [3.8, 4) is 16.9 Å². The summed E-state index contributed by atoms with van der Waals surface area (Å²) in [6, 6.07) is 5.74. The quantitative estimate of drug-likeness (QED) is 0.485. The number of allylic oxidation sites excluding steroid dienone is 3. The van der Waals surface area contributed by atoms with E-state index in [2.05, 4.69) is 40.9 Å². The minimum Gasteiger partial charge on any atom is -0.494 e. The van der Waals surface area contributed by atoms with Crippen molar-refractivity contribution >= 4 is 5.57 Å². The molecule has 7 heteroatoms. The molecular formula is C28H33N5O2. The summed E-state index contributed by atoms with van der Waals surface area (Å²) in [4.78, 5) is 28.4. The molecule has 4 rings (SSSR count). The second kappa shape index (κ2) is 10.3. The molecule has 0 fully saturated rings. The highest BCUT2D eigenvalue weighted by molar-refractivity contribution is 5.70. The lowest BCUT2D eigenvalue weighted by molar-refractivity contribution is 0.324. The first kappa shape index (κ1) is 24.4. The van der Waals surface area contributed by atoms with Crippen LogP contribution in [-0.2, 0) is 20.0 Å². The Bertz CT molecular complexity index is 1370. The van der Waals surface area contributed by atoms with Crippen LogP contribution in [0.2, 0.25) is 0 Å². The van der Waals surface area contributed by atoms with Gasteiger partial charge < -0.3 is 9.64 Å². The third-order valence-corrected chi connectivity index (χ3v) is 6.64. The second-order valence-electron chi connectivity index (χ2n) is 8.94. The van der Waals surface area contributed by atoms with Crippen LogP contribution in [0.4, 0.5) is 0 Å². The summed E-state index contributed by atoms with van der Waals surface area (Å²) in [5, 5.41) is 0. The van der Waals surface area contributed by atoms with E-state index in [1.165, 1.54) is 11.3 Å². The van der Waals surface area contributed by atoms with Crippen molar-refractivity contribution in [2.24, 2.45) is 7.05 Å². The summed E-state index contributed by atoms with van der Waals surface area (Å²) in [7, 11) is 3.44. The Kier molecular flexibility index (Phi) is 7.15. The minimum absolute atomic E-state index is 0.0438. The Hall–Kier alpha value is -3.74. The largest absolute Gasteiger partial charge is 0.494 e. The smallest absolute Gasteiger partial charge is 0.253 e. The van der Waals surface area contributed by atoms with Crippen LogP contribution in [0.3, 0.4) is 0 Å². The zero-order valence-corrected chi connectivity index (χ0v) is 21.4. The topological polar surface area (TPSA) is 73.1 Å². The highest BCUT2D eigenvalue weighted by atomic mass is 16.5. The van der Waals surface area contributed by atoms with E-state index in [9.17, 15) is 4.79 Å². The number of aromatic nitrogens is 4. The Morgan fingerprint density at radius 3 is 2.77 bits per heavy atom. The maximum atomic E-state index is 12.4. The van der Waals surface area contributed by atoms with Gasteiger partial charge in [-0.1, -0.05) is 13.0 Å². The molecule has 0 amide bonds. The molecule has 4 heterocycles. The zero-order valence-electron chi connectivity index (χ0n) is 21.4. The third kappa shape index (κ3) is 4.90. The van der Waals surface area contributed by atoms with Gasteiger partial charge in [0.05, 0.1) is 13.3 Å². The summed E-state index contributed by atoms with van der Waals surface area (Å²) in [5.41, 5.74) is 8.35. The Balaban J connectivity index is 1.71. The van der Waals surface area contributed by atoms with Gasteiger partial charge in [0.2, 0.25) is 0 Å². The first-order valence-corrected chi connectivity index (χ1v) is 12.0. The van der Waals surface area contributed by atoms with Crippen molar-refractivity contribution in [2.45, 2.75) is 47.1 Å². The number of ether oxygens (including phenoxy) is 1. The molecule has 0 saturated heterocycles. The van der Waals surface area contributed by atoms with Crippen molar-refractivity contribution in [2.75, 3.05) is 13.7 Å². The van der Waals surface area contributed by atoms with E-state index in [-0.39, 0.29) is 5.56 Å². The average Bonchev–Trinajstić information content (AvgIpc) is 2.87. The number of methoxy groups -OCH3 is 1. The molecule has 0 aliphatic carbocycles. The molecule has 35 heavy (non-hydrogen) atoms. The second-order valence-corrected chi connectivity index (χ2v) is 8.94. The lowest BCUT2D eigenvalue weighted by Crippen LogP contribution is -2.31. The first-order valence-electron chi connectivity index (χ1n) is 12.0. The van der Waals surface area contributed by atoms with Gasteiger partial charge in [0.1, 0.15) is 11.6 Å². The highest BCUT2D eigenvalue weighted by Gasteiger charge is 2.22. The van der Waals surface area contributed by atoms with Crippen LogP contribution in [0.15, 0.2) is 58.9 Å². The van der Waals surface area contributed by atoms with E-state index in [1.807, 2.05) is 26.1 Å². The number of hydrogen-bond acceptors (Lipinski definition) is 6. The molecule has 0 spiro atoms. The van der Waals surface area contributed by atoms with Gasteiger partial charge in [-0.3, -0.25) is 19.3 Å². The minimum atomic E-state index is -0.0438. The molecule has 0 aromatic carbocycles. The van der Waals surface area contributed by atoms with Crippen LogP contribution in [0.5, 0.6) is 5.75 Å². The van der Waals surface area contributed by atoms with Crippen LogP contribution < -0.4 is 10.3 Å². The van der Waals surface area contributed by atoms with Crippen LogP contribution in [0, 0.1) is 6.92 Å². The van der Waals surface area contributed by atoms with E-state index in [1.54, 1.807) is 37.2 Å². The van der Waals surface area contributed by atoms with E-state index < -0.39 is 0 Å². The number of aryl methyl sites for hydroxylation is 1. The fourth-order valence-corrected chi connectivity index (χ4v) is 4.62. The molecule has 0 N–H and O–H groups in total. The van der Waals surface area contributed by atoms with Crippen molar-refractivity contribution in [3.05, 3.63) is 87.3 Å². The molecule has 1 aliphatic rings. The first-order chi connectivity index (χ1) is 16.8. The predicted molar refractivity (Wildman–Crippen MR) is 139 cm³/mol. The molecule has 0 saturated carbocycles. The van der Waals surface area contributed by atoms with Gasteiger partial charge in [0.15, 0.2) is 0 Å². The van der Waals surface area contributed by atoms with Crippen molar-refractivity contribution in [1.82, 2.24) is 24.4 Å². The molecular weight excluding hydrogens is 438 g/mol. The van der Waals surface area contributed by atoms with Crippen molar-refractivity contribution in [3.63, 3.8) is 0 Å². The predicted octanol–water partition coefficient (Wildman–Crippen LogP) is 4.70. The van der Waals surface area contributed by atoms with Crippen molar-refractivity contribution < 1.29 is 4.74 Å². The lowest BCUT2D eigenvalue weighted by atomic mass is 9.98. The average molecular weight is 472 g/mol. The summed E-state index contributed by atoms with van der Waals surface area (Å²) >= 11 is 0. The lowest BCUT2D eigenvalue weighted by Gasteiger charge is -2.33. The fourth-order valence-electron chi connectivity index (χ4n) is 4.62. The number of rotatable bonds is 6. The number of pyridine rings is 2. The van der Waals surface area contributed by atoms with Crippen molar-refractivity contribution in [1.29, 1.82) is 0 Å². The van der Waals surface area contributed by atoms with Gasteiger partial charge in [0, 0.05) is 73.2 Å². The Morgan fingerprint density at radius 1 is 1.23 bits per heavy atom. The molecule has 3 aromatic rings. The summed E-state index contributed by atoms with van der Waals surface area (Å²) in [6.45, 7) is 9.83. The Labute approximate surface area is 206 Å². The summed E-state index contributed by atoms with van der Waals surface area (Å²) in [6.07, 6.45) is 9.48. The standard InChI is InChI=1S/C28H33N5O2/c1-7-8-25(19(3)20(4)28-31-18(2)13-27(34)32(28)5)33-12-10-24-22(17-33)14-21(15-30-24)23-9-11-29-16-26(23)35-6/h8-9,11,13-16H,7,10,12,17H2,1-6H3/b20-19-,25-8-. The van der Waals surface area contributed by atoms with Crippen LogP contribution in [-0.4, -0.2) is 38.1 Å². The van der Waals surface area contributed by atoms with Crippen LogP contribution in [0.25, 0.3) is 16.7 Å². The van der Waals surface area contributed by atoms with Gasteiger partial charge in [-0.05, 0) is 56.0 Å². The van der Waals surface area contributed by atoms with Gasteiger partial charge in [-0.2, -0.15) is 0 Å². The zero-order chi connectivity index (χ0) is 25.1. The SMILES string of the molecule is CC/C=C(/C(C)=C(/C)c1nc(C)cc(=O)n1C)N1CCc2ncc(-c3ccncc3OC)cc2C1. The summed E-state index contributed by atoms with van der Waals surface area (Å²) < 4.78 is 7.14. The van der Waals surface area contributed by atoms with Crippen LogP contribution in [0.1, 0.15) is 50.0 Å². The molecule has 182 valence electrons. The number of nitrogens with zero attached hydrogens (tertiary/aromatic N) is 5. The molecule has 7 nitrogen and oxygen atoms in total. The third-order valence-electron chi connectivity index (χ3n) is 6.64. The highest BCUT2D eigenvalue weighted by Crippen LogP contribution is 2.33. The molecule has 3 aromatic heterocycles. The van der Waals surface area contributed by atoms with E-state index in [0.29, 0.717) is 5.82 Å². The van der Waals surface area contributed by atoms with E-state index in [0.717, 1.165) is 65.3 Å². The molecule has 0 radical (unpaired) electrons. The maximum Gasteiger partial charge on any atom is 0.253 e. The van der Waals surface area contributed by atoms with Crippen LogP contribution >= 0.6 is 0 Å². The maximum absolute atomic E-state index is 12.4. The van der Waals surface area contributed by atoms with Gasteiger partial charge in [0.25, 0.3) is 5.56 Å². The van der Waals surface area contributed by atoms with E-state index in [4.69, 9.17) is 9.72 Å². The molecule has 0 unspecified atom stereocenters. The van der Waals surface area contributed by atoms with Gasteiger partial charge in [-0.25, -0.2) is 4.98 Å². The monoisotopic (exact) mass is 471 g/mol. The van der Waals surface area contributed by atoms with Gasteiger partial charge >= 0.3 is 0 Å². The molecule has 0 atom stereocenters. The number of fused-ring (bicyclic) bond motifs is 1.